The second-order valence-corrected chi connectivity index (χ2v) is 5.16. The lowest BCUT2D eigenvalue weighted by molar-refractivity contribution is 1.07. The Morgan fingerprint density at radius 2 is 1.88 bits per heavy atom. The number of pyridine rings is 1. The molecular formula is C13H13ClN2S. The Bertz CT molecular complexity index is 511. The molecule has 0 saturated heterocycles. The topological polar surface area (TPSA) is 38.9 Å². The van der Waals surface area contributed by atoms with Crippen LogP contribution in [0.15, 0.2) is 41.4 Å². The molecule has 88 valence electrons. The number of nitrogens with zero attached hydrogens (tertiary/aromatic N) is 1. The Morgan fingerprint density at radius 3 is 2.59 bits per heavy atom. The van der Waals surface area contributed by atoms with Crippen molar-refractivity contribution in [3.05, 3.63) is 52.7 Å². The normalized spacial score (nSPS) is 10.5. The average Bonchev–Trinajstić information content (AvgIpc) is 2.32. The molecule has 0 amide bonds. The largest absolute Gasteiger partial charge is 0.397 e. The summed E-state index contributed by atoms with van der Waals surface area (Å²) in [5.41, 5.74) is 8.80. The van der Waals surface area contributed by atoms with Crippen LogP contribution in [-0.2, 0) is 5.75 Å². The summed E-state index contributed by atoms with van der Waals surface area (Å²) in [5, 5.41) is 1.65. The molecule has 0 bridgehead atoms. The quantitative estimate of drug-likeness (QED) is 0.854. The molecule has 1 aromatic heterocycles. The summed E-state index contributed by atoms with van der Waals surface area (Å²) in [4.78, 5) is 4.42. The van der Waals surface area contributed by atoms with E-state index in [9.17, 15) is 0 Å². The van der Waals surface area contributed by atoms with E-state index >= 15 is 0 Å². The molecule has 0 spiro atoms. The van der Waals surface area contributed by atoms with Crippen LogP contribution >= 0.6 is 23.4 Å². The average molecular weight is 265 g/mol. The molecule has 0 aliphatic heterocycles. The van der Waals surface area contributed by atoms with E-state index in [1.807, 2.05) is 43.3 Å². The van der Waals surface area contributed by atoms with Crippen molar-refractivity contribution in [1.29, 1.82) is 0 Å². The molecule has 1 aromatic carbocycles. The monoisotopic (exact) mass is 264 g/mol. The van der Waals surface area contributed by atoms with Gasteiger partial charge in [0.05, 0.1) is 5.69 Å². The number of nitrogen functional groups attached to an aromatic ring is 1. The van der Waals surface area contributed by atoms with E-state index in [0.29, 0.717) is 0 Å². The first-order valence-corrected chi connectivity index (χ1v) is 6.62. The summed E-state index contributed by atoms with van der Waals surface area (Å²) in [5.74, 6) is 0.845. The van der Waals surface area contributed by atoms with Gasteiger partial charge in [0, 0.05) is 16.5 Å². The van der Waals surface area contributed by atoms with E-state index in [1.54, 1.807) is 11.8 Å². The van der Waals surface area contributed by atoms with Gasteiger partial charge in [-0.2, -0.15) is 0 Å². The van der Waals surface area contributed by atoms with Crippen LogP contribution in [0.3, 0.4) is 0 Å². The summed E-state index contributed by atoms with van der Waals surface area (Å²) in [7, 11) is 0. The van der Waals surface area contributed by atoms with E-state index in [4.69, 9.17) is 17.3 Å². The predicted molar refractivity (Wildman–Crippen MR) is 74.4 cm³/mol. The van der Waals surface area contributed by atoms with Gasteiger partial charge < -0.3 is 5.73 Å². The number of nitrogens with two attached hydrogens (primary N) is 1. The molecule has 0 aliphatic carbocycles. The Labute approximate surface area is 110 Å². The lowest BCUT2D eigenvalue weighted by Gasteiger charge is -2.05. The van der Waals surface area contributed by atoms with Gasteiger partial charge in [-0.25, -0.2) is 4.98 Å². The fraction of sp³-hybridized carbons (Fsp3) is 0.154. The van der Waals surface area contributed by atoms with Gasteiger partial charge in [0.2, 0.25) is 0 Å². The molecule has 0 fully saturated rings. The van der Waals surface area contributed by atoms with E-state index in [1.165, 1.54) is 5.56 Å². The number of anilines is 1. The second-order valence-electron chi connectivity index (χ2n) is 3.76. The van der Waals surface area contributed by atoms with Crippen molar-refractivity contribution in [3.8, 4) is 0 Å². The molecular weight excluding hydrogens is 252 g/mol. The zero-order valence-electron chi connectivity index (χ0n) is 9.48. The van der Waals surface area contributed by atoms with Crippen LogP contribution in [0.1, 0.15) is 11.3 Å². The third-order valence-corrected chi connectivity index (χ3v) is 3.65. The lowest BCUT2D eigenvalue weighted by Crippen LogP contribution is -1.93. The van der Waals surface area contributed by atoms with Crippen LogP contribution in [-0.4, -0.2) is 4.98 Å². The number of rotatable bonds is 3. The van der Waals surface area contributed by atoms with Gasteiger partial charge in [0.25, 0.3) is 0 Å². The van der Waals surface area contributed by atoms with Crippen molar-refractivity contribution in [2.75, 3.05) is 5.73 Å². The zero-order chi connectivity index (χ0) is 12.3. The number of halogens is 1. The van der Waals surface area contributed by atoms with Crippen molar-refractivity contribution in [3.63, 3.8) is 0 Å². The van der Waals surface area contributed by atoms with Gasteiger partial charge in [0.1, 0.15) is 5.03 Å². The van der Waals surface area contributed by atoms with E-state index in [0.717, 1.165) is 27.2 Å². The van der Waals surface area contributed by atoms with Gasteiger partial charge in [-0.15, -0.1) is 0 Å². The van der Waals surface area contributed by atoms with Gasteiger partial charge in [-0.05, 0) is 36.8 Å². The Kier molecular flexibility index (Phi) is 3.92. The summed E-state index contributed by atoms with van der Waals surface area (Å²) in [6, 6.07) is 11.6. The van der Waals surface area contributed by atoms with Gasteiger partial charge in [-0.1, -0.05) is 35.5 Å². The molecule has 1 heterocycles. The number of aromatic nitrogens is 1. The molecule has 2 nitrogen and oxygen atoms in total. The molecule has 0 unspecified atom stereocenters. The third-order valence-electron chi connectivity index (χ3n) is 2.32. The first kappa shape index (κ1) is 12.3. The molecule has 2 aromatic rings. The standard InChI is InChI=1S/C13H13ClN2S/c1-9-2-7-12(15)13(16-9)17-8-10-3-5-11(14)6-4-10/h2-7H,8,15H2,1H3. The van der Waals surface area contributed by atoms with Crippen molar-refractivity contribution in [2.45, 2.75) is 17.7 Å². The highest BCUT2D eigenvalue weighted by molar-refractivity contribution is 7.98. The smallest absolute Gasteiger partial charge is 0.120 e. The first-order valence-electron chi connectivity index (χ1n) is 5.25. The molecule has 2 rings (SSSR count). The maximum atomic E-state index is 5.87. The van der Waals surface area contributed by atoms with Crippen molar-refractivity contribution >= 4 is 29.1 Å². The van der Waals surface area contributed by atoms with Crippen LogP contribution in [0.2, 0.25) is 5.02 Å². The first-order chi connectivity index (χ1) is 8.15. The third kappa shape index (κ3) is 3.38. The molecule has 0 saturated carbocycles. The minimum atomic E-state index is 0.731. The number of aryl methyl sites for hydroxylation is 1. The Hall–Kier alpha value is -1.19. The van der Waals surface area contributed by atoms with Crippen LogP contribution in [0.25, 0.3) is 0 Å². The highest BCUT2D eigenvalue weighted by atomic mass is 35.5. The van der Waals surface area contributed by atoms with E-state index < -0.39 is 0 Å². The SMILES string of the molecule is Cc1ccc(N)c(SCc2ccc(Cl)cc2)n1. The van der Waals surface area contributed by atoms with Crippen molar-refractivity contribution in [2.24, 2.45) is 0 Å². The van der Waals surface area contributed by atoms with Crippen LogP contribution < -0.4 is 5.73 Å². The predicted octanol–water partition coefficient (Wildman–Crippen LogP) is 3.92. The van der Waals surface area contributed by atoms with Crippen LogP contribution in [0, 0.1) is 6.92 Å². The molecule has 4 heteroatoms. The number of hydrogen-bond acceptors (Lipinski definition) is 3. The fourth-order valence-corrected chi connectivity index (χ4v) is 2.46. The fourth-order valence-electron chi connectivity index (χ4n) is 1.39. The van der Waals surface area contributed by atoms with Gasteiger partial charge >= 0.3 is 0 Å². The highest BCUT2D eigenvalue weighted by Gasteiger charge is 2.03. The van der Waals surface area contributed by atoms with E-state index in [-0.39, 0.29) is 0 Å². The molecule has 17 heavy (non-hydrogen) atoms. The number of thioether (sulfide) groups is 1. The van der Waals surface area contributed by atoms with Crippen LogP contribution in [0.5, 0.6) is 0 Å². The van der Waals surface area contributed by atoms with Crippen molar-refractivity contribution in [1.82, 2.24) is 4.98 Å². The summed E-state index contributed by atoms with van der Waals surface area (Å²) in [6.45, 7) is 1.96. The maximum Gasteiger partial charge on any atom is 0.120 e. The Morgan fingerprint density at radius 1 is 1.18 bits per heavy atom. The van der Waals surface area contributed by atoms with Gasteiger partial charge in [0.15, 0.2) is 0 Å². The zero-order valence-corrected chi connectivity index (χ0v) is 11.1. The summed E-state index contributed by atoms with van der Waals surface area (Å²) in [6.07, 6.45) is 0. The highest BCUT2D eigenvalue weighted by Crippen LogP contribution is 2.26. The number of hydrogen-bond donors (Lipinski definition) is 1. The maximum absolute atomic E-state index is 5.87. The second kappa shape index (κ2) is 5.43. The summed E-state index contributed by atoms with van der Waals surface area (Å²) >= 11 is 7.48. The molecule has 0 aliphatic rings. The molecule has 0 radical (unpaired) electrons. The van der Waals surface area contributed by atoms with Crippen LogP contribution in [0.4, 0.5) is 5.69 Å². The number of benzene rings is 1. The lowest BCUT2D eigenvalue weighted by atomic mass is 10.2. The minimum Gasteiger partial charge on any atom is -0.397 e. The Balaban J connectivity index is 2.07. The molecule has 2 N–H and O–H groups in total. The van der Waals surface area contributed by atoms with Crippen molar-refractivity contribution < 1.29 is 0 Å². The van der Waals surface area contributed by atoms with E-state index in [2.05, 4.69) is 4.98 Å². The molecule has 0 atom stereocenters. The minimum absolute atomic E-state index is 0.731. The van der Waals surface area contributed by atoms with Gasteiger partial charge in [-0.3, -0.25) is 0 Å². The summed E-state index contributed by atoms with van der Waals surface area (Å²) < 4.78 is 0.